The first-order valence-electron chi connectivity index (χ1n) is 9.25. The molecule has 1 N–H and O–H groups in total. The minimum absolute atomic E-state index is 0.122. The summed E-state index contributed by atoms with van der Waals surface area (Å²) in [5.41, 5.74) is 1.87. The van der Waals surface area contributed by atoms with Gasteiger partial charge in [0.1, 0.15) is 6.33 Å². The van der Waals surface area contributed by atoms with Gasteiger partial charge in [0, 0.05) is 10.6 Å². The fraction of sp³-hybridized carbons (Fsp3) is 0. The minimum Gasteiger partial charge on any atom is -0.334 e. The maximum absolute atomic E-state index is 11.7. The van der Waals surface area contributed by atoms with Crippen molar-refractivity contribution in [1.82, 2.24) is 9.97 Å². The Morgan fingerprint density at radius 2 is 1.42 bits per heavy atom. The van der Waals surface area contributed by atoms with E-state index in [0.29, 0.717) is 11.4 Å². The summed E-state index contributed by atoms with van der Waals surface area (Å²) in [4.78, 5) is 20.3. The Morgan fingerprint density at radius 1 is 0.806 bits per heavy atom. The van der Waals surface area contributed by atoms with Crippen LogP contribution in [0.1, 0.15) is 0 Å². The van der Waals surface area contributed by atoms with Crippen molar-refractivity contribution in [3.63, 3.8) is 0 Å². The summed E-state index contributed by atoms with van der Waals surface area (Å²) < 4.78 is 0. The second kappa shape index (κ2) is 9.59. The molecule has 0 fully saturated rings. The first-order valence-corrected chi connectivity index (χ1v) is 10.1. The molecule has 0 spiro atoms. The van der Waals surface area contributed by atoms with Crippen LogP contribution in [0, 0.1) is 10.1 Å². The fourth-order valence-corrected chi connectivity index (χ4v) is 3.54. The van der Waals surface area contributed by atoms with Crippen LogP contribution >= 0.6 is 11.8 Å². The standard InChI is InChI=1S/C22H16N6O2S/c29-28(30)20-21(23-15-24-22(20)31-19-9-5-2-6-10-19)25-16-11-13-18(14-12-16)27-26-17-7-3-1-4-8-17/h1-15H,(H,23,24,25). The van der Waals surface area contributed by atoms with Crippen LogP contribution in [-0.2, 0) is 0 Å². The number of nitrogens with zero attached hydrogens (tertiary/aromatic N) is 5. The van der Waals surface area contributed by atoms with E-state index in [9.17, 15) is 10.1 Å². The largest absolute Gasteiger partial charge is 0.343 e. The highest BCUT2D eigenvalue weighted by Gasteiger charge is 2.23. The Hall–Kier alpha value is -4.11. The predicted molar refractivity (Wildman–Crippen MR) is 120 cm³/mol. The topological polar surface area (TPSA) is 106 Å². The quantitative estimate of drug-likeness (QED) is 0.152. The molecule has 31 heavy (non-hydrogen) atoms. The molecular weight excluding hydrogens is 412 g/mol. The van der Waals surface area contributed by atoms with Gasteiger partial charge in [0.15, 0.2) is 5.03 Å². The van der Waals surface area contributed by atoms with Crippen molar-refractivity contribution in [1.29, 1.82) is 0 Å². The number of hydrogen-bond donors (Lipinski definition) is 1. The van der Waals surface area contributed by atoms with Gasteiger partial charge >= 0.3 is 5.69 Å². The van der Waals surface area contributed by atoms with E-state index in [1.165, 1.54) is 18.1 Å². The van der Waals surface area contributed by atoms with Gasteiger partial charge in [0.2, 0.25) is 5.82 Å². The van der Waals surface area contributed by atoms with Crippen molar-refractivity contribution >= 4 is 40.3 Å². The van der Waals surface area contributed by atoms with Crippen molar-refractivity contribution in [2.24, 2.45) is 10.2 Å². The average molecular weight is 428 g/mol. The molecule has 0 saturated heterocycles. The van der Waals surface area contributed by atoms with Gasteiger partial charge in [-0.15, -0.1) is 0 Å². The molecule has 1 heterocycles. The Kier molecular flexibility index (Phi) is 6.24. The molecule has 0 amide bonds. The van der Waals surface area contributed by atoms with Gasteiger partial charge in [0.05, 0.1) is 16.3 Å². The zero-order valence-corrected chi connectivity index (χ0v) is 16.9. The van der Waals surface area contributed by atoms with E-state index in [1.54, 1.807) is 24.3 Å². The molecule has 0 aliphatic heterocycles. The molecule has 0 aliphatic carbocycles. The van der Waals surface area contributed by atoms with Crippen molar-refractivity contribution in [3.8, 4) is 0 Å². The third-order valence-electron chi connectivity index (χ3n) is 4.10. The first kappa shape index (κ1) is 20.2. The molecule has 0 bridgehead atoms. The van der Waals surface area contributed by atoms with Gasteiger partial charge in [0.25, 0.3) is 0 Å². The van der Waals surface area contributed by atoms with Crippen LogP contribution in [0.5, 0.6) is 0 Å². The second-order valence-electron chi connectivity index (χ2n) is 6.26. The van der Waals surface area contributed by atoms with Crippen LogP contribution in [0.15, 0.2) is 111 Å². The Bertz CT molecular complexity index is 1200. The van der Waals surface area contributed by atoms with E-state index < -0.39 is 4.92 Å². The highest BCUT2D eigenvalue weighted by molar-refractivity contribution is 7.99. The van der Waals surface area contributed by atoms with E-state index >= 15 is 0 Å². The van der Waals surface area contributed by atoms with E-state index in [2.05, 4.69) is 25.5 Å². The van der Waals surface area contributed by atoms with Crippen molar-refractivity contribution in [2.75, 3.05) is 5.32 Å². The zero-order chi connectivity index (χ0) is 21.5. The van der Waals surface area contributed by atoms with Crippen molar-refractivity contribution in [2.45, 2.75) is 9.92 Å². The molecule has 0 unspecified atom stereocenters. The molecule has 0 saturated carbocycles. The van der Waals surface area contributed by atoms with Crippen LogP contribution < -0.4 is 5.32 Å². The maximum atomic E-state index is 11.7. The number of anilines is 2. The average Bonchev–Trinajstić information content (AvgIpc) is 2.80. The van der Waals surface area contributed by atoms with Gasteiger partial charge in [-0.3, -0.25) is 10.1 Å². The van der Waals surface area contributed by atoms with Gasteiger partial charge < -0.3 is 5.32 Å². The van der Waals surface area contributed by atoms with E-state index in [4.69, 9.17) is 0 Å². The van der Waals surface area contributed by atoms with Crippen molar-refractivity contribution < 1.29 is 4.92 Å². The lowest BCUT2D eigenvalue weighted by Gasteiger charge is -2.08. The summed E-state index contributed by atoms with van der Waals surface area (Å²) in [7, 11) is 0. The van der Waals surface area contributed by atoms with Crippen LogP contribution in [0.2, 0.25) is 0 Å². The summed E-state index contributed by atoms with van der Waals surface area (Å²) in [6.07, 6.45) is 1.31. The third kappa shape index (κ3) is 5.28. The SMILES string of the molecule is O=[N+]([O-])c1c(Nc2ccc(N=Nc3ccccc3)cc2)ncnc1Sc1ccccc1. The summed E-state index contributed by atoms with van der Waals surface area (Å²) in [5.74, 6) is 0.122. The van der Waals surface area contributed by atoms with E-state index in [0.717, 1.165) is 10.6 Å². The maximum Gasteiger partial charge on any atom is 0.343 e. The van der Waals surface area contributed by atoms with Gasteiger partial charge in [-0.1, -0.05) is 48.2 Å². The smallest absolute Gasteiger partial charge is 0.334 e. The molecule has 4 aromatic rings. The highest BCUT2D eigenvalue weighted by atomic mass is 32.2. The Balaban J connectivity index is 1.54. The summed E-state index contributed by atoms with van der Waals surface area (Å²) in [5, 5.41) is 23.4. The van der Waals surface area contributed by atoms with Crippen LogP contribution in [0.3, 0.4) is 0 Å². The molecule has 8 nitrogen and oxygen atoms in total. The second-order valence-corrected chi connectivity index (χ2v) is 7.32. The van der Waals surface area contributed by atoms with E-state index in [1.807, 2.05) is 60.7 Å². The minimum atomic E-state index is -0.476. The number of benzene rings is 3. The molecule has 4 rings (SSSR count). The zero-order valence-electron chi connectivity index (χ0n) is 16.1. The Morgan fingerprint density at radius 3 is 2.06 bits per heavy atom. The number of hydrogen-bond acceptors (Lipinski definition) is 8. The van der Waals surface area contributed by atoms with Crippen molar-refractivity contribution in [3.05, 3.63) is 101 Å². The molecule has 9 heteroatoms. The molecule has 3 aromatic carbocycles. The molecule has 0 atom stereocenters. The number of nitrogens with one attached hydrogen (secondary N) is 1. The number of aromatic nitrogens is 2. The lowest BCUT2D eigenvalue weighted by atomic mass is 10.3. The van der Waals surface area contributed by atoms with Crippen LogP contribution in [-0.4, -0.2) is 14.9 Å². The van der Waals surface area contributed by atoms with Gasteiger partial charge in [-0.05, 0) is 48.5 Å². The third-order valence-corrected chi connectivity index (χ3v) is 5.10. The first-order chi connectivity index (χ1) is 15.2. The van der Waals surface area contributed by atoms with E-state index in [-0.39, 0.29) is 16.5 Å². The number of rotatable bonds is 7. The van der Waals surface area contributed by atoms with Gasteiger partial charge in [-0.2, -0.15) is 10.2 Å². The predicted octanol–water partition coefficient (Wildman–Crippen LogP) is 6.70. The lowest BCUT2D eigenvalue weighted by molar-refractivity contribution is -0.387. The lowest BCUT2D eigenvalue weighted by Crippen LogP contribution is -2.02. The van der Waals surface area contributed by atoms with Crippen LogP contribution in [0.4, 0.5) is 28.6 Å². The molecule has 0 radical (unpaired) electrons. The number of nitro groups is 1. The summed E-state index contributed by atoms with van der Waals surface area (Å²) in [6.45, 7) is 0. The molecule has 1 aromatic heterocycles. The highest BCUT2D eigenvalue weighted by Crippen LogP contribution is 2.37. The van der Waals surface area contributed by atoms with Gasteiger partial charge in [-0.25, -0.2) is 9.97 Å². The Labute approximate surface area is 182 Å². The molecular formula is C22H16N6O2S. The number of azo groups is 1. The molecule has 152 valence electrons. The summed E-state index contributed by atoms with van der Waals surface area (Å²) in [6, 6.07) is 25.8. The molecule has 0 aliphatic rings. The normalized spacial score (nSPS) is 10.8. The fourth-order valence-electron chi connectivity index (χ4n) is 2.65. The monoisotopic (exact) mass is 428 g/mol. The van der Waals surface area contributed by atoms with Crippen LogP contribution in [0.25, 0.3) is 0 Å². The summed E-state index contributed by atoms with van der Waals surface area (Å²) >= 11 is 1.21.